The number of ether oxygens (including phenoxy) is 1. The van der Waals surface area contributed by atoms with E-state index in [-0.39, 0.29) is 13.1 Å². The van der Waals surface area contributed by atoms with Crippen LogP contribution in [-0.4, -0.2) is 56.5 Å². The number of halogens is 1. The number of carbonyl (C=O) groups is 1. The molecule has 0 amide bonds. The van der Waals surface area contributed by atoms with Crippen molar-refractivity contribution >= 4 is 62.0 Å². The molecule has 0 fully saturated rings. The molecule has 0 aliphatic heterocycles. The number of carbonyl (C=O) groups excluding carboxylic acids is 1. The Kier molecular flexibility index (Phi) is 8.33. The second kappa shape index (κ2) is 10.7. The van der Waals surface area contributed by atoms with E-state index in [2.05, 4.69) is 68.3 Å². The first-order valence-corrected chi connectivity index (χ1v) is 10.1. The summed E-state index contributed by atoms with van der Waals surface area (Å²) < 4.78 is 5.68. The molecule has 0 spiro atoms. The summed E-state index contributed by atoms with van der Waals surface area (Å²) in [6.07, 6.45) is 3.41. The molecule has 4 aromatic rings. The predicted molar refractivity (Wildman–Crippen MR) is 127 cm³/mol. The second-order valence-electron chi connectivity index (χ2n) is 5.80. The zero-order chi connectivity index (χ0) is 20.8. The van der Waals surface area contributed by atoms with Crippen LogP contribution < -0.4 is 10.6 Å². The Morgan fingerprint density at radius 1 is 1.03 bits per heavy atom. The Morgan fingerprint density at radius 2 is 1.67 bits per heavy atom. The average molecular weight is 524 g/mol. The lowest BCUT2D eigenvalue weighted by atomic mass is 10.2. The molecule has 0 aliphatic carbocycles. The number of methoxy groups -OCH3 is 1. The highest BCUT2D eigenvalue weighted by atomic mass is 127. The number of anilines is 2. The van der Waals surface area contributed by atoms with Crippen LogP contribution in [0.5, 0.6) is 0 Å². The number of aromatic nitrogens is 6. The molecule has 11 heteroatoms. The molecule has 0 aromatic carbocycles. The van der Waals surface area contributed by atoms with E-state index in [9.17, 15) is 4.79 Å². The molecule has 4 N–H and O–H groups in total. The van der Waals surface area contributed by atoms with Crippen molar-refractivity contribution in [2.45, 2.75) is 21.3 Å². The molecule has 4 heterocycles. The molecule has 0 saturated carbocycles. The fraction of sp³-hybridized carbons (Fsp3) is 0.316. The minimum atomic E-state index is -0.474. The third-order valence-corrected chi connectivity index (χ3v) is 4.75. The molecule has 10 nitrogen and oxygen atoms in total. The largest absolute Gasteiger partial charge is 0.464 e. The van der Waals surface area contributed by atoms with E-state index in [1.54, 1.807) is 18.5 Å². The summed E-state index contributed by atoms with van der Waals surface area (Å²) in [6, 6.07) is 3.66. The monoisotopic (exact) mass is 524 g/mol. The Labute approximate surface area is 187 Å². The van der Waals surface area contributed by atoms with Crippen LogP contribution in [0.2, 0.25) is 0 Å². The molecule has 4 rings (SSSR count). The highest BCUT2D eigenvalue weighted by Crippen LogP contribution is 2.24. The summed E-state index contributed by atoms with van der Waals surface area (Å²) in [4.78, 5) is 19.9. The Bertz CT molecular complexity index is 1120. The number of hydrogen-bond acceptors (Lipinski definition) is 8. The Balaban J connectivity index is 0.000000211. The third kappa shape index (κ3) is 4.78. The van der Waals surface area contributed by atoms with E-state index >= 15 is 0 Å². The maximum atomic E-state index is 11.5. The number of aromatic amines is 2. The number of hydrogen-bond donors (Lipinski definition) is 4. The van der Waals surface area contributed by atoms with Gasteiger partial charge in [0.15, 0.2) is 5.69 Å². The first-order chi connectivity index (χ1) is 14.1. The minimum Gasteiger partial charge on any atom is -0.464 e. The SMILES string of the molecule is C.CCNc1nccc2[nH]nc(C(=O)OC)c12.CCNc1nccc2n[nH]c(I)c12. The van der Waals surface area contributed by atoms with Gasteiger partial charge in [-0.15, -0.1) is 0 Å². The molecular weight excluding hydrogens is 499 g/mol. The van der Waals surface area contributed by atoms with E-state index in [4.69, 9.17) is 0 Å². The third-order valence-electron chi connectivity index (χ3n) is 3.97. The van der Waals surface area contributed by atoms with E-state index in [0.29, 0.717) is 11.2 Å². The van der Waals surface area contributed by atoms with E-state index < -0.39 is 5.97 Å². The lowest BCUT2D eigenvalue weighted by Crippen LogP contribution is -2.05. The minimum absolute atomic E-state index is 0. The molecule has 0 aliphatic rings. The smallest absolute Gasteiger partial charge is 0.359 e. The molecule has 0 saturated heterocycles. The maximum Gasteiger partial charge on any atom is 0.359 e. The van der Waals surface area contributed by atoms with Gasteiger partial charge in [0, 0.05) is 25.5 Å². The van der Waals surface area contributed by atoms with Crippen LogP contribution in [0.4, 0.5) is 11.6 Å². The Hall–Kier alpha value is -2.96. The fourth-order valence-corrected chi connectivity index (χ4v) is 3.39. The molecule has 0 unspecified atom stereocenters. The van der Waals surface area contributed by atoms with Gasteiger partial charge in [-0.2, -0.15) is 10.2 Å². The van der Waals surface area contributed by atoms with Crippen molar-refractivity contribution < 1.29 is 9.53 Å². The predicted octanol–water partition coefficient (Wildman–Crippen LogP) is 3.81. The summed E-state index contributed by atoms with van der Waals surface area (Å²) in [5.41, 5.74) is 1.96. The number of nitrogens with one attached hydrogen (secondary N) is 4. The van der Waals surface area contributed by atoms with Crippen LogP contribution >= 0.6 is 22.6 Å². The lowest BCUT2D eigenvalue weighted by molar-refractivity contribution is 0.0596. The number of esters is 1. The summed E-state index contributed by atoms with van der Waals surface area (Å²) >= 11 is 2.22. The van der Waals surface area contributed by atoms with Gasteiger partial charge in [0.05, 0.1) is 28.9 Å². The number of nitrogens with zero attached hydrogens (tertiary/aromatic N) is 4. The van der Waals surface area contributed by atoms with Gasteiger partial charge in [-0.3, -0.25) is 10.2 Å². The molecule has 160 valence electrons. The number of rotatable bonds is 5. The highest BCUT2D eigenvalue weighted by Gasteiger charge is 2.17. The van der Waals surface area contributed by atoms with Crippen LogP contribution in [0.1, 0.15) is 31.8 Å². The zero-order valence-electron chi connectivity index (χ0n) is 16.2. The maximum absolute atomic E-state index is 11.5. The molecule has 4 aromatic heterocycles. The van der Waals surface area contributed by atoms with E-state index in [0.717, 1.165) is 39.0 Å². The zero-order valence-corrected chi connectivity index (χ0v) is 18.4. The van der Waals surface area contributed by atoms with Crippen molar-refractivity contribution in [3.8, 4) is 0 Å². The van der Waals surface area contributed by atoms with E-state index in [1.165, 1.54) is 7.11 Å². The van der Waals surface area contributed by atoms with Crippen LogP contribution in [0.25, 0.3) is 21.8 Å². The van der Waals surface area contributed by atoms with E-state index in [1.807, 2.05) is 19.9 Å². The molecule has 30 heavy (non-hydrogen) atoms. The first kappa shape index (κ1) is 23.3. The van der Waals surface area contributed by atoms with Crippen LogP contribution in [0, 0.1) is 3.70 Å². The highest BCUT2D eigenvalue weighted by molar-refractivity contribution is 14.1. The van der Waals surface area contributed by atoms with Crippen molar-refractivity contribution in [1.82, 2.24) is 30.4 Å². The molecule has 0 bridgehead atoms. The molecule has 0 atom stereocenters. The first-order valence-electron chi connectivity index (χ1n) is 8.98. The van der Waals surface area contributed by atoms with Crippen molar-refractivity contribution in [3.63, 3.8) is 0 Å². The van der Waals surface area contributed by atoms with Gasteiger partial charge in [0.2, 0.25) is 0 Å². The summed E-state index contributed by atoms with van der Waals surface area (Å²) in [6.45, 7) is 5.59. The van der Waals surface area contributed by atoms with Gasteiger partial charge >= 0.3 is 5.97 Å². The standard InChI is InChI=1S/C10H12N4O2.C8H9IN4.CH4/c1-3-11-9-7-6(4-5-12-9)13-14-8(7)10(15)16-2;1-2-10-8-6-5(3-4-11-8)12-13-7(6)9;/h4-5H,3H2,1-2H3,(H,11,12)(H,13,14);3-4H,2H2,1H3,(H,10,11)(H,12,13);1H4. The van der Waals surface area contributed by atoms with Gasteiger partial charge in [-0.1, -0.05) is 7.43 Å². The number of fused-ring (bicyclic) bond motifs is 2. The van der Waals surface area contributed by atoms with Gasteiger partial charge in [-0.25, -0.2) is 14.8 Å². The van der Waals surface area contributed by atoms with Gasteiger partial charge < -0.3 is 15.4 Å². The van der Waals surface area contributed by atoms with Gasteiger partial charge in [-0.05, 0) is 48.6 Å². The lowest BCUT2D eigenvalue weighted by Gasteiger charge is -2.03. The number of pyridine rings is 2. The van der Waals surface area contributed by atoms with Crippen LogP contribution in [0.15, 0.2) is 24.5 Å². The summed E-state index contributed by atoms with van der Waals surface area (Å²) in [5, 5.41) is 21.8. The normalized spacial score (nSPS) is 10.1. The topological polar surface area (TPSA) is 134 Å². The Morgan fingerprint density at radius 3 is 2.30 bits per heavy atom. The van der Waals surface area contributed by atoms with Crippen molar-refractivity contribution in [2.75, 3.05) is 30.8 Å². The van der Waals surface area contributed by atoms with Gasteiger partial charge in [0.1, 0.15) is 15.3 Å². The number of H-pyrrole nitrogens is 2. The second-order valence-corrected chi connectivity index (χ2v) is 6.88. The van der Waals surface area contributed by atoms with Crippen molar-refractivity contribution in [2.24, 2.45) is 0 Å². The molecular formula is C19H25IN8O2. The van der Waals surface area contributed by atoms with Crippen LogP contribution in [-0.2, 0) is 4.74 Å². The average Bonchev–Trinajstić information content (AvgIpc) is 3.34. The molecule has 0 radical (unpaired) electrons. The van der Waals surface area contributed by atoms with Crippen LogP contribution in [0.3, 0.4) is 0 Å². The summed E-state index contributed by atoms with van der Waals surface area (Å²) in [7, 11) is 1.33. The quantitative estimate of drug-likeness (QED) is 0.229. The van der Waals surface area contributed by atoms with Gasteiger partial charge in [0.25, 0.3) is 0 Å². The van der Waals surface area contributed by atoms with Crippen molar-refractivity contribution in [3.05, 3.63) is 33.9 Å². The summed E-state index contributed by atoms with van der Waals surface area (Å²) in [5.74, 6) is 1.06. The van der Waals surface area contributed by atoms with Crippen molar-refractivity contribution in [1.29, 1.82) is 0 Å². The fourth-order valence-electron chi connectivity index (χ4n) is 2.74.